The van der Waals surface area contributed by atoms with Crippen molar-refractivity contribution < 1.29 is 19.1 Å². The lowest BCUT2D eigenvalue weighted by Gasteiger charge is -2.33. The Hall–Kier alpha value is -1.76. The highest BCUT2D eigenvalue weighted by molar-refractivity contribution is 9.10. The zero-order valence-electron chi connectivity index (χ0n) is 16.7. The molecule has 1 aromatic rings. The Kier molecular flexibility index (Phi) is 7.21. The molecule has 0 aliphatic carbocycles. The second-order valence-corrected chi connectivity index (χ2v) is 8.29. The number of piperidine rings is 1. The first kappa shape index (κ1) is 21.0. The maximum absolute atomic E-state index is 13.0. The normalized spacial score (nSPS) is 17.7. The largest absolute Gasteiger partial charge is 0.493 e. The van der Waals surface area contributed by atoms with Gasteiger partial charge < -0.3 is 19.3 Å². The van der Waals surface area contributed by atoms with Crippen molar-refractivity contribution >= 4 is 27.7 Å². The van der Waals surface area contributed by atoms with Gasteiger partial charge in [0.1, 0.15) is 0 Å². The number of likely N-dealkylation sites (tertiary alicyclic amines) is 2. The first-order valence-corrected chi connectivity index (χ1v) is 10.9. The predicted molar refractivity (Wildman–Crippen MR) is 111 cm³/mol. The number of hydrogen-bond donors (Lipinski definition) is 0. The number of benzene rings is 1. The van der Waals surface area contributed by atoms with E-state index in [1.54, 1.807) is 19.2 Å². The molecule has 2 fully saturated rings. The minimum absolute atomic E-state index is 0.0342. The summed E-state index contributed by atoms with van der Waals surface area (Å²) in [5.74, 6) is 1.45. The summed E-state index contributed by atoms with van der Waals surface area (Å²) in [6.45, 7) is 5.61. The minimum Gasteiger partial charge on any atom is -0.493 e. The molecule has 2 amide bonds. The van der Waals surface area contributed by atoms with Crippen LogP contribution < -0.4 is 9.47 Å². The third-order valence-corrected chi connectivity index (χ3v) is 6.07. The number of rotatable bonds is 6. The van der Waals surface area contributed by atoms with Gasteiger partial charge in [-0.1, -0.05) is 6.92 Å². The number of methoxy groups -OCH3 is 1. The molecular formula is C21H29BrN2O4. The van der Waals surface area contributed by atoms with Gasteiger partial charge in [-0.05, 0) is 60.2 Å². The molecule has 0 unspecified atom stereocenters. The number of hydrogen-bond acceptors (Lipinski definition) is 4. The van der Waals surface area contributed by atoms with Gasteiger partial charge in [-0.25, -0.2) is 0 Å². The number of nitrogens with zero attached hydrogens (tertiary/aromatic N) is 2. The minimum atomic E-state index is -0.0342. The van der Waals surface area contributed by atoms with Crippen LogP contribution in [0.1, 0.15) is 49.4 Å². The zero-order chi connectivity index (χ0) is 20.1. The number of halogens is 1. The standard InChI is InChI=1S/C21H29BrN2O4/c1-3-12-28-19-17(22)13-16(14-18(19)27-2)21(26)24-10-6-15(7-11-24)20(25)23-8-4-5-9-23/h13-15H,3-12H2,1-2H3. The summed E-state index contributed by atoms with van der Waals surface area (Å²) in [6.07, 6.45) is 4.57. The van der Waals surface area contributed by atoms with Gasteiger partial charge in [0.15, 0.2) is 11.5 Å². The van der Waals surface area contributed by atoms with Crippen LogP contribution in [0.15, 0.2) is 16.6 Å². The third kappa shape index (κ3) is 4.62. The van der Waals surface area contributed by atoms with Crippen molar-refractivity contribution in [2.75, 3.05) is 39.9 Å². The summed E-state index contributed by atoms with van der Waals surface area (Å²) in [4.78, 5) is 29.4. The average Bonchev–Trinajstić information content (AvgIpc) is 3.26. The molecule has 2 heterocycles. The molecule has 3 rings (SSSR count). The van der Waals surface area contributed by atoms with E-state index in [9.17, 15) is 9.59 Å². The molecule has 0 saturated carbocycles. The van der Waals surface area contributed by atoms with E-state index in [1.807, 2.05) is 16.7 Å². The Bertz CT molecular complexity index is 711. The highest BCUT2D eigenvalue weighted by atomic mass is 79.9. The molecule has 0 bridgehead atoms. The summed E-state index contributed by atoms with van der Waals surface area (Å²) >= 11 is 3.50. The molecule has 6 nitrogen and oxygen atoms in total. The first-order chi connectivity index (χ1) is 13.5. The molecule has 2 aliphatic heterocycles. The van der Waals surface area contributed by atoms with E-state index in [-0.39, 0.29) is 17.7 Å². The van der Waals surface area contributed by atoms with Crippen LogP contribution in [0.25, 0.3) is 0 Å². The fourth-order valence-corrected chi connectivity index (χ4v) is 4.45. The predicted octanol–water partition coefficient (Wildman–Crippen LogP) is 3.72. The Labute approximate surface area is 175 Å². The van der Waals surface area contributed by atoms with Gasteiger partial charge in [-0.15, -0.1) is 0 Å². The van der Waals surface area contributed by atoms with Gasteiger partial charge in [0, 0.05) is 37.7 Å². The molecule has 0 radical (unpaired) electrons. The third-order valence-electron chi connectivity index (χ3n) is 5.48. The highest BCUT2D eigenvalue weighted by Gasteiger charge is 2.31. The van der Waals surface area contributed by atoms with Crippen LogP contribution in [0.2, 0.25) is 0 Å². The topological polar surface area (TPSA) is 59.1 Å². The monoisotopic (exact) mass is 452 g/mol. The van der Waals surface area contributed by atoms with Crippen LogP contribution in [0.5, 0.6) is 11.5 Å². The van der Waals surface area contributed by atoms with E-state index in [0.717, 1.165) is 45.2 Å². The van der Waals surface area contributed by atoms with Crippen molar-refractivity contribution in [3.05, 3.63) is 22.2 Å². The molecular weight excluding hydrogens is 424 g/mol. The molecule has 154 valence electrons. The summed E-state index contributed by atoms with van der Waals surface area (Å²) in [7, 11) is 1.57. The average molecular weight is 453 g/mol. The Balaban J connectivity index is 1.64. The smallest absolute Gasteiger partial charge is 0.254 e. The lowest BCUT2D eigenvalue weighted by atomic mass is 9.95. The molecule has 0 atom stereocenters. The van der Waals surface area contributed by atoms with Gasteiger partial charge in [0.05, 0.1) is 18.2 Å². The summed E-state index contributed by atoms with van der Waals surface area (Å²) in [5.41, 5.74) is 0.567. The maximum atomic E-state index is 13.0. The Morgan fingerprint density at radius 2 is 1.79 bits per heavy atom. The molecule has 0 N–H and O–H groups in total. The molecule has 1 aromatic carbocycles. The molecule has 2 saturated heterocycles. The maximum Gasteiger partial charge on any atom is 0.254 e. The number of ether oxygens (including phenoxy) is 2. The van der Waals surface area contributed by atoms with Crippen LogP contribution in [0.3, 0.4) is 0 Å². The van der Waals surface area contributed by atoms with Gasteiger partial charge in [-0.2, -0.15) is 0 Å². The number of amides is 2. The number of carbonyl (C=O) groups excluding carboxylic acids is 2. The van der Waals surface area contributed by atoms with Crippen LogP contribution in [-0.4, -0.2) is 61.5 Å². The van der Waals surface area contributed by atoms with Crippen LogP contribution in [0, 0.1) is 5.92 Å². The fraction of sp³-hybridized carbons (Fsp3) is 0.619. The molecule has 0 spiro atoms. The SMILES string of the molecule is CCCOc1c(Br)cc(C(=O)N2CCC(C(=O)N3CCCC3)CC2)cc1OC. The summed E-state index contributed by atoms with van der Waals surface area (Å²) in [5, 5.41) is 0. The van der Waals surface area contributed by atoms with Crippen molar-refractivity contribution in [2.24, 2.45) is 5.92 Å². The van der Waals surface area contributed by atoms with Gasteiger partial charge in [0.25, 0.3) is 5.91 Å². The van der Waals surface area contributed by atoms with Gasteiger partial charge in [0.2, 0.25) is 5.91 Å². The van der Waals surface area contributed by atoms with E-state index in [2.05, 4.69) is 15.9 Å². The van der Waals surface area contributed by atoms with Crippen LogP contribution in [-0.2, 0) is 4.79 Å². The van der Waals surface area contributed by atoms with E-state index in [1.165, 1.54) is 0 Å². The number of carbonyl (C=O) groups is 2. The lowest BCUT2D eigenvalue weighted by Crippen LogP contribution is -2.43. The Morgan fingerprint density at radius 1 is 1.11 bits per heavy atom. The first-order valence-electron chi connectivity index (χ1n) is 10.1. The molecule has 0 aromatic heterocycles. The van der Waals surface area contributed by atoms with Gasteiger partial charge in [-0.3, -0.25) is 9.59 Å². The summed E-state index contributed by atoms with van der Waals surface area (Å²) < 4.78 is 11.9. The van der Waals surface area contributed by atoms with Crippen molar-refractivity contribution in [3.8, 4) is 11.5 Å². The van der Waals surface area contributed by atoms with Gasteiger partial charge >= 0.3 is 0 Å². The second-order valence-electron chi connectivity index (χ2n) is 7.44. The summed E-state index contributed by atoms with van der Waals surface area (Å²) in [6, 6.07) is 3.52. The van der Waals surface area contributed by atoms with Crippen molar-refractivity contribution in [1.82, 2.24) is 9.80 Å². The zero-order valence-corrected chi connectivity index (χ0v) is 18.3. The molecule has 7 heteroatoms. The Morgan fingerprint density at radius 3 is 2.39 bits per heavy atom. The van der Waals surface area contributed by atoms with Crippen LogP contribution >= 0.6 is 15.9 Å². The molecule has 2 aliphatic rings. The van der Waals surface area contributed by atoms with E-state index < -0.39 is 0 Å². The van der Waals surface area contributed by atoms with E-state index >= 15 is 0 Å². The fourth-order valence-electron chi connectivity index (χ4n) is 3.90. The van der Waals surface area contributed by atoms with Crippen LogP contribution in [0.4, 0.5) is 0 Å². The highest BCUT2D eigenvalue weighted by Crippen LogP contribution is 2.37. The second kappa shape index (κ2) is 9.63. The lowest BCUT2D eigenvalue weighted by molar-refractivity contribution is -0.135. The van der Waals surface area contributed by atoms with Crippen molar-refractivity contribution in [2.45, 2.75) is 39.0 Å². The quantitative estimate of drug-likeness (QED) is 0.659. The molecule has 28 heavy (non-hydrogen) atoms. The van der Waals surface area contributed by atoms with E-state index in [0.29, 0.717) is 41.2 Å². The van der Waals surface area contributed by atoms with Crippen molar-refractivity contribution in [3.63, 3.8) is 0 Å². The van der Waals surface area contributed by atoms with Crippen molar-refractivity contribution in [1.29, 1.82) is 0 Å². The van der Waals surface area contributed by atoms with E-state index in [4.69, 9.17) is 9.47 Å².